The number of amides is 1. The van der Waals surface area contributed by atoms with E-state index in [-0.39, 0.29) is 11.7 Å². The fourth-order valence-electron chi connectivity index (χ4n) is 0.963. The number of hydrogen-bond donors (Lipinski definition) is 1. The molecule has 1 amide bonds. The van der Waals surface area contributed by atoms with Gasteiger partial charge in [-0.3, -0.25) is 9.48 Å². The van der Waals surface area contributed by atoms with E-state index in [0.29, 0.717) is 0 Å². The molecule has 0 bridgehead atoms. The summed E-state index contributed by atoms with van der Waals surface area (Å²) in [5.74, 6) is -1.46. The Morgan fingerprint density at radius 1 is 1.75 bits per heavy atom. The molecule has 1 aromatic rings. The highest BCUT2D eigenvalue weighted by Crippen LogP contribution is 2.11. The van der Waals surface area contributed by atoms with Crippen molar-refractivity contribution in [2.24, 2.45) is 5.73 Å². The van der Waals surface area contributed by atoms with Crippen LogP contribution in [0.5, 0.6) is 0 Å². The Morgan fingerprint density at radius 3 is 2.67 bits per heavy atom. The molecular weight excluding hydrogens is 161 g/mol. The lowest BCUT2D eigenvalue weighted by Crippen LogP contribution is -2.20. The normalized spacial score (nSPS) is 10.7. The van der Waals surface area contributed by atoms with Gasteiger partial charge in [0.25, 0.3) is 5.91 Å². The molecule has 0 spiro atoms. The molecule has 0 unspecified atom stereocenters. The molecule has 0 aliphatic heterocycles. The summed E-state index contributed by atoms with van der Waals surface area (Å²) < 4.78 is 14.1. The number of nitrogens with two attached hydrogens (primary N) is 1. The summed E-state index contributed by atoms with van der Waals surface area (Å²) in [5.41, 5.74) is 4.80. The quantitative estimate of drug-likeness (QED) is 0.712. The standard InChI is InChI=1S/C7H10FN3O/c1-4(2)11-6(7(9)12)5(8)3-10-11/h3-4H,1-2H3,(H2,9,12). The minimum atomic E-state index is -0.793. The maximum atomic E-state index is 12.8. The van der Waals surface area contributed by atoms with Crippen molar-refractivity contribution in [3.63, 3.8) is 0 Å². The third kappa shape index (κ3) is 1.30. The minimum absolute atomic E-state index is 0.0722. The number of aromatic nitrogens is 2. The number of rotatable bonds is 2. The van der Waals surface area contributed by atoms with Gasteiger partial charge in [-0.2, -0.15) is 5.10 Å². The first-order valence-electron chi connectivity index (χ1n) is 3.57. The zero-order chi connectivity index (χ0) is 9.30. The Morgan fingerprint density at radius 2 is 2.33 bits per heavy atom. The minimum Gasteiger partial charge on any atom is -0.364 e. The van der Waals surface area contributed by atoms with E-state index in [2.05, 4.69) is 5.10 Å². The summed E-state index contributed by atoms with van der Waals surface area (Å²) >= 11 is 0. The molecule has 0 fully saturated rings. The van der Waals surface area contributed by atoms with Gasteiger partial charge in [0.1, 0.15) is 0 Å². The van der Waals surface area contributed by atoms with Crippen molar-refractivity contribution < 1.29 is 9.18 Å². The number of halogens is 1. The lowest BCUT2D eigenvalue weighted by atomic mass is 10.3. The fraction of sp³-hybridized carbons (Fsp3) is 0.429. The average molecular weight is 171 g/mol. The summed E-state index contributed by atoms with van der Waals surface area (Å²) in [6.45, 7) is 3.58. The highest BCUT2D eigenvalue weighted by molar-refractivity contribution is 5.91. The van der Waals surface area contributed by atoms with Crippen LogP contribution in [0, 0.1) is 5.82 Å². The van der Waals surface area contributed by atoms with Crippen LogP contribution in [-0.4, -0.2) is 15.7 Å². The molecule has 0 aliphatic rings. The second-order valence-electron chi connectivity index (χ2n) is 2.74. The largest absolute Gasteiger partial charge is 0.364 e. The van der Waals surface area contributed by atoms with Crippen LogP contribution in [0.3, 0.4) is 0 Å². The Labute approximate surface area is 69.2 Å². The highest BCUT2D eigenvalue weighted by atomic mass is 19.1. The molecule has 2 N–H and O–H groups in total. The third-order valence-corrected chi connectivity index (χ3v) is 1.47. The van der Waals surface area contributed by atoms with Gasteiger partial charge in [0.05, 0.1) is 6.20 Å². The van der Waals surface area contributed by atoms with Gasteiger partial charge < -0.3 is 5.73 Å². The number of nitrogens with zero attached hydrogens (tertiary/aromatic N) is 2. The second kappa shape index (κ2) is 2.92. The van der Waals surface area contributed by atoms with E-state index in [1.54, 1.807) is 13.8 Å². The van der Waals surface area contributed by atoms with Crippen LogP contribution in [0.1, 0.15) is 30.4 Å². The van der Waals surface area contributed by atoms with Crippen molar-refractivity contribution in [1.82, 2.24) is 9.78 Å². The summed E-state index contributed by atoms with van der Waals surface area (Å²) in [6, 6.07) is -0.0722. The van der Waals surface area contributed by atoms with Crippen LogP contribution in [0.25, 0.3) is 0 Å². The van der Waals surface area contributed by atoms with Crippen LogP contribution in [0.2, 0.25) is 0 Å². The Hall–Kier alpha value is -1.39. The van der Waals surface area contributed by atoms with Gasteiger partial charge in [-0.25, -0.2) is 4.39 Å². The Bertz CT molecular complexity index is 306. The van der Waals surface area contributed by atoms with Crippen LogP contribution in [0.4, 0.5) is 4.39 Å². The predicted molar refractivity (Wildman–Crippen MR) is 41.1 cm³/mol. The van der Waals surface area contributed by atoms with Crippen molar-refractivity contribution >= 4 is 5.91 Å². The van der Waals surface area contributed by atoms with E-state index in [1.807, 2.05) is 0 Å². The van der Waals surface area contributed by atoms with Crippen LogP contribution in [-0.2, 0) is 0 Å². The van der Waals surface area contributed by atoms with Gasteiger partial charge in [0.2, 0.25) is 0 Å². The van der Waals surface area contributed by atoms with Crippen LogP contribution < -0.4 is 5.73 Å². The molecule has 0 saturated carbocycles. The van der Waals surface area contributed by atoms with Crippen molar-refractivity contribution in [2.75, 3.05) is 0 Å². The summed E-state index contributed by atoms with van der Waals surface area (Å²) in [4.78, 5) is 10.7. The Balaban J connectivity index is 3.21. The second-order valence-corrected chi connectivity index (χ2v) is 2.74. The van der Waals surface area contributed by atoms with Crippen LogP contribution in [0.15, 0.2) is 6.20 Å². The monoisotopic (exact) mass is 171 g/mol. The molecule has 5 heteroatoms. The molecule has 12 heavy (non-hydrogen) atoms. The van der Waals surface area contributed by atoms with Crippen molar-refractivity contribution in [1.29, 1.82) is 0 Å². The fourth-order valence-corrected chi connectivity index (χ4v) is 0.963. The number of hydrogen-bond acceptors (Lipinski definition) is 2. The molecule has 66 valence electrons. The van der Waals surface area contributed by atoms with Crippen molar-refractivity contribution in [3.8, 4) is 0 Å². The molecule has 1 rings (SSSR count). The first kappa shape index (κ1) is 8.70. The van der Waals surface area contributed by atoms with Gasteiger partial charge in [-0.1, -0.05) is 0 Å². The molecule has 1 aromatic heterocycles. The number of carbonyl (C=O) groups excluding carboxylic acids is 1. The van der Waals surface area contributed by atoms with Gasteiger partial charge in [0, 0.05) is 6.04 Å². The number of carbonyl (C=O) groups is 1. The Kier molecular flexibility index (Phi) is 2.12. The maximum Gasteiger partial charge on any atom is 0.270 e. The summed E-state index contributed by atoms with van der Waals surface area (Å²) in [7, 11) is 0. The van der Waals surface area contributed by atoms with E-state index in [9.17, 15) is 9.18 Å². The van der Waals surface area contributed by atoms with Crippen LogP contribution >= 0.6 is 0 Å². The maximum absolute atomic E-state index is 12.8. The van der Waals surface area contributed by atoms with Gasteiger partial charge in [0.15, 0.2) is 11.5 Å². The zero-order valence-corrected chi connectivity index (χ0v) is 6.91. The molecular formula is C7H10FN3O. The molecule has 4 nitrogen and oxygen atoms in total. The lowest BCUT2D eigenvalue weighted by molar-refractivity contribution is 0.0984. The first-order chi connectivity index (χ1) is 5.54. The highest BCUT2D eigenvalue weighted by Gasteiger charge is 2.17. The zero-order valence-electron chi connectivity index (χ0n) is 6.91. The van der Waals surface area contributed by atoms with Gasteiger partial charge in [-0.05, 0) is 13.8 Å². The molecule has 0 saturated heterocycles. The van der Waals surface area contributed by atoms with E-state index in [1.165, 1.54) is 4.68 Å². The molecule has 0 radical (unpaired) electrons. The molecule has 1 heterocycles. The average Bonchev–Trinajstić information content (AvgIpc) is 2.30. The molecule has 0 atom stereocenters. The van der Waals surface area contributed by atoms with Crippen molar-refractivity contribution in [2.45, 2.75) is 19.9 Å². The molecule has 0 aromatic carbocycles. The van der Waals surface area contributed by atoms with E-state index in [4.69, 9.17) is 5.73 Å². The molecule has 0 aliphatic carbocycles. The van der Waals surface area contributed by atoms with E-state index >= 15 is 0 Å². The van der Waals surface area contributed by atoms with Gasteiger partial charge >= 0.3 is 0 Å². The van der Waals surface area contributed by atoms with Gasteiger partial charge in [-0.15, -0.1) is 0 Å². The lowest BCUT2D eigenvalue weighted by Gasteiger charge is -2.07. The first-order valence-corrected chi connectivity index (χ1v) is 3.57. The van der Waals surface area contributed by atoms with E-state index in [0.717, 1.165) is 6.20 Å². The topological polar surface area (TPSA) is 60.9 Å². The number of primary amides is 1. The van der Waals surface area contributed by atoms with Crippen molar-refractivity contribution in [3.05, 3.63) is 17.7 Å². The van der Waals surface area contributed by atoms with E-state index < -0.39 is 11.7 Å². The SMILES string of the molecule is CC(C)n1ncc(F)c1C(N)=O. The predicted octanol–water partition coefficient (Wildman–Crippen LogP) is 0.702. The summed E-state index contributed by atoms with van der Waals surface area (Å²) in [6.07, 6.45) is 0.986. The smallest absolute Gasteiger partial charge is 0.270 e. The summed E-state index contributed by atoms with van der Waals surface area (Å²) in [5, 5.41) is 3.68. The third-order valence-electron chi connectivity index (χ3n) is 1.47.